The molecular formula is C9H12N5O3+. The summed E-state index contributed by atoms with van der Waals surface area (Å²) < 4.78 is 0. The number of nitrogens with one attached hydrogen (secondary N) is 2. The van der Waals surface area contributed by atoms with Crippen molar-refractivity contribution in [3.63, 3.8) is 0 Å². The number of aliphatic imine (C=N–C) groups is 1. The first kappa shape index (κ1) is 13.0. The van der Waals surface area contributed by atoms with Crippen molar-refractivity contribution < 1.29 is 20.6 Å². The first-order valence-corrected chi connectivity index (χ1v) is 4.71. The molecule has 0 saturated carbocycles. The number of nitrogens with zero attached hydrogens (tertiary/aromatic N) is 3. The fraction of sp³-hybridized carbons (Fsp3) is 0.222. The molecule has 1 aromatic heterocycles. The average molecular weight is 238 g/mol. The molecule has 8 heteroatoms. The van der Waals surface area contributed by atoms with E-state index in [1.54, 1.807) is 30.7 Å². The van der Waals surface area contributed by atoms with Crippen molar-refractivity contribution >= 4 is 5.84 Å². The average Bonchev–Trinajstić information content (AvgIpc) is 2.34. The lowest BCUT2D eigenvalue weighted by atomic mass is 10.2. The molecule has 90 valence electrons. The van der Waals surface area contributed by atoms with Gasteiger partial charge in [0.1, 0.15) is 12.4 Å². The van der Waals surface area contributed by atoms with E-state index < -0.39 is 5.39 Å². The van der Waals surface area contributed by atoms with Crippen LogP contribution in [0.2, 0.25) is 0 Å². The molecule has 4 N–H and O–H groups in total. The molecule has 0 spiro atoms. The SMILES string of the molecule is N#CNC(=NCCO[NH+](O)O)c1cccnc1. The molecule has 0 saturated heterocycles. The predicted octanol–water partition coefficient (Wildman–Crippen LogP) is -1.51. The van der Waals surface area contributed by atoms with Gasteiger partial charge in [0.25, 0.3) is 0 Å². The molecule has 0 unspecified atom stereocenters. The molecule has 1 rings (SSSR count). The van der Waals surface area contributed by atoms with Gasteiger partial charge in [-0.2, -0.15) is 5.26 Å². The zero-order valence-corrected chi connectivity index (χ0v) is 8.87. The first-order valence-electron chi connectivity index (χ1n) is 4.71. The first-order chi connectivity index (χ1) is 8.24. The summed E-state index contributed by atoms with van der Waals surface area (Å²) in [5.74, 6) is 0.349. The molecule has 0 atom stereocenters. The number of hydrogen-bond acceptors (Lipinski definition) is 6. The predicted molar refractivity (Wildman–Crippen MR) is 54.9 cm³/mol. The standard InChI is InChI=1S/C9H12N5O3/c10-7-13-9(8-2-1-3-11-6-8)12-4-5-17-14(15)16/h1-3,6,14-16H,4-5H2,(H,12,13)/q+1. The van der Waals surface area contributed by atoms with Gasteiger partial charge in [0, 0.05) is 18.0 Å². The van der Waals surface area contributed by atoms with Crippen LogP contribution in [0.5, 0.6) is 0 Å². The smallest absolute Gasteiger partial charge is 0.182 e. The maximum atomic E-state index is 8.57. The summed E-state index contributed by atoms with van der Waals surface area (Å²) in [6, 6.07) is 3.46. The number of amidine groups is 1. The number of aromatic nitrogens is 1. The number of rotatable bonds is 5. The van der Waals surface area contributed by atoms with E-state index in [-0.39, 0.29) is 13.2 Å². The van der Waals surface area contributed by atoms with E-state index in [0.29, 0.717) is 11.4 Å². The number of nitriles is 1. The van der Waals surface area contributed by atoms with Gasteiger partial charge in [-0.1, -0.05) is 0 Å². The van der Waals surface area contributed by atoms with Crippen molar-refractivity contribution in [3.8, 4) is 6.19 Å². The number of hydrogen-bond donors (Lipinski definition) is 4. The van der Waals surface area contributed by atoms with Crippen LogP contribution in [0.3, 0.4) is 0 Å². The highest BCUT2D eigenvalue weighted by atomic mass is 17.1. The van der Waals surface area contributed by atoms with Gasteiger partial charge in [-0.25, -0.2) is 0 Å². The van der Waals surface area contributed by atoms with Gasteiger partial charge in [0.15, 0.2) is 6.19 Å². The van der Waals surface area contributed by atoms with Crippen LogP contribution in [0.15, 0.2) is 29.5 Å². The summed E-state index contributed by atoms with van der Waals surface area (Å²) >= 11 is 0. The zero-order chi connectivity index (χ0) is 12.5. The van der Waals surface area contributed by atoms with Crippen LogP contribution < -0.4 is 10.7 Å². The minimum Gasteiger partial charge on any atom is -0.277 e. The second-order valence-electron chi connectivity index (χ2n) is 2.84. The fourth-order valence-corrected chi connectivity index (χ4v) is 1.05. The second-order valence-corrected chi connectivity index (χ2v) is 2.84. The van der Waals surface area contributed by atoms with Crippen LogP contribution in [-0.4, -0.2) is 34.4 Å². The summed E-state index contributed by atoms with van der Waals surface area (Å²) in [6.45, 7) is 0.169. The summed E-state index contributed by atoms with van der Waals surface area (Å²) in [4.78, 5) is 12.3. The van der Waals surface area contributed by atoms with Gasteiger partial charge in [-0.05, 0) is 12.1 Å². The highest BCUT2D eigenvalue weighted by Crippen LogP contribution is 1.96. The molecule has 0 fully saturated rings. The van der Waals surface area contributed by atoms with Crippen molar-refractivity contribution in [3.05, 3.63) is 30.1 Å². The lowest BCUT2D eigenvalue weighted by molar-refractivity contribution is -1.37. The minimum atomic E-state index is -1.10. The zero-order valence-electron chi connectivity index (χ0n) is 8.87. The summed E-state index contributed by atoms with van der Waals surface area (Å²) in [7, 11) is 0. The normalized spacial score (nSPS) is 11.3. The topological polar surface area (TPSA) is 115 Å². The highest BCUT2D eigenvalue weighted by Gasteiger charge is 2.03. The fourth-order valence-electron chi connectivity index (χ4n) is 1.05. The Morgan fingerprint density at radius 2 is 2.47 bits per heavy atom. The lowest BCUT2D eigenvalue weighted by Gasteiger charge is -2.03. The molecule has 0 amide bonds. The third kappa shape index (κ3) is 5.01. The Labute approximate surface area is 97.3 Å². The van der Waals surface area contributed by atoms with E-state index in [0.717, 1.165) is 0 Å². The second kappa shape index (κ2) is 7.26. The Morgan fingerprint density at radius 3 is 3.06 bits per heavy atom. The van der Waals surface area contributed by atoms with Crippen molar-refractivity contribution in [2.45, 2.75) is 0 Å². The van der Waals surface area contributed by atoms with Gasteiger partial charge < -0.3 is 0 Å². The Kier molecular flexibility index (Phi) is 5.56. The molecule has 0 radical (unpaired) electrons. The van der Waals surface area contributed by atoms with Crippen molar-refractivity contribution in [2.75, 3.05) is 13.2 Å². The van der Waals surface area contributed by atoms with E-state index in [9.17, 15) is 0 Å². The molecule has 0 aliphatic rings. The molecule has 1 heterocycles. The third-order valence-corrected chi connectivity index (χ3v) is 1.70. The Hall–Kier alpha value is -2.05. The highest BCUT2D eigenvalue weighted by molar-refractivity contribution is 5.99. The third-order valence-electron chi connectivity index (χ3n) is 1.70. The van der Waals surface area contributed by atoms with Crippen LogP contribution in [0.25, 0.3) is 0 Å². The van der Waals surface area contributed by atoms with Crippen molar-refractivity contribution in [1.82, 2.24) is 10.3 Å². The van der Waals surface area contributed by atoms with Gasteiger partial charge in [-0.15, -0.1) is 15.3 Å². The quantitative estimate of drug-likeness (QED) is 0.124. The molecule has 0 bridgehead atoms. The van der Waals surface area contributed by atoms with Gasteiger partial charge in [0.05, 0.1) is 11.9 Å². The van der Waals surface area contributed by atoms with E-state index in [1.807, 2.05) is 0 Å². The van der Waals surface area contributed by atoms with Crippen molar-refractivity contribution in [2.24, 2.45) is 4.99 Å². The lowest BCUT2D eigenvalue weighted by Crippen LogP contribution is -3.06. The molecule has 17 heavy (non-hydrogen) atoms. The van der Waals surface area contributed by atoms with Crippen LogP contribution >= 0.6 is 0 Å². The Balaban J connectivity index is 2.60. The largest absolute Gasteiger partial charge is 0.277 e. The van der Waals surface area contributed by atoms with Crippen LogP contribution in [0, 0.1) is 11.5 Å². The summed E-state index contributed by atoms with van der Waals surface area (Å²) in [5.41, 5.74) is 0.659. The number of quaternary nitrogens is 1. The summed E-state index contributed by atoms with van der Waals surface area (Å²) in [6.07, 6.45) is 4.92. The van der Waals surface area contributed by atoms with Gasteiger partial charge >= 0.3 is 0 Å². The molecule has 0 aliphatic carbocycles. The van der Waals surface area contributed by atoms with Crippen molar-refractivity contribution in [1.29, 1.82) is 5.26 Å². The Morgan fingerprint density at radius 1 is 1.65 bits per heavy atom. The van der Waals surface area contributed by atoms with Crippen LogP contribution in [-0.2, 0) is 4.84 Å². The maximum Gasteiger partial charge on any atom is 0.182 e. The van der Waals surface area contributed by atoms with Gasteiger partial charge in [-0.3, -0.25) is 15.3 Å². The molecular weight excluding hydrogens is 226 g/mol. The number of pyridine rings is 1. The van der Waals surface area contributed by atoms with Crippen LogP contribution in [0.4, 0.5) is 0 Å². The molecule has 0 aliphatic heterocycles. The molecule has 1 aromatic rings. The molecule has 8 nitrogen and oxygen atoms in total. The minimum absolute atomic E-state index is 0.000790. The van der Waals surface area contributed by atoms with E-state index >= 15 is 0 Å². The molecule has 0 aromatic carbocycles. The Bertz CT molecular complexity index is 401. The van der Waals surface area contributed by atoms with Crippen LogP contribution in [0.1, 0.15) is 5.56 Å². The van der Waals surface area contributed by atoms with E-state index in [4.69, 9.17) is 15.7 Å². The van der Waals surface area contributed by atoms with Gasteiger partial charge in [0.2, 0.25) is 0 Å². The summed E-state index contributed by atoms with van der Waals surface area (Å²) in [5, 5.41) is 26.6. The van der Waals surface area contributed by atoms with E-state index in [2.05, 4.69) is 20.1 Å². The van der Waals surface area contributed by atoms with E-state index in [1.165, 1.54) is 0 Å². The monoisotopic (exact) mass is 238 g/mol. The maximum absolute atomic E-state index is 8.57.